The third-order valence-electron chi connectivity index (χ3n) is 6.67. The minimum Gasteiger partial charge on any atom is -0.472 e. The number of carbonyl (C=O) groups is 1. The second kappa shape index (κ2) is 12.5. The Bertz CT molecular complexity index is 872. The topological polar surface area (TPSA) is 75.1 Å². The maximum atomic E-state index is 13.5. The van der Waals surface area contributed by atoms with Crippen molar-refractivity contribution in [1.82, 2.24) is 14.8 Å². The monoisotopic (exact) mass is 471 g/mol. The van der Waals surface area contributed by atoms with Gasteiger partial charge in [-0.25, -0.2) is 4.98 Å². The van der Waals surface area contributed by atoms with Crippen LogP contribution in [-0.2, 0) is 4.74 Å². The van der Waals surface area contributed by atoms with E-state index in [0.29, 0.717) is 35.4 Å². The van der Waals surface area contributed by atoms with Crippen LogP contribution in [0.4, 0.5) is 0 Å². The van der Waals surface area contributed by atoms with E-state index < -0.39 is 0 Å². The van der Waals surface area contributed by atoms with Gasteiger partial charge in [0.05, 0.1) is 12.6 Å². The fourth-order valence-corrected chi connectivity index (χ4v) is 4.50. The standard InChI is InChI=1S/C27H41N3O4/c1-19(2)7-6-8-23-13-24-26(28-14-23)34-25(17-29(5)16-22-9-11-33-12-10-22)20(3)15-30(27(24)32)21(4)18-31/h13-14,19-22,25,31H,7,9-12,15-18H2,1-5H3/t20-,21+,25-/m0/s1. The van der Waals surface area contributed by atoms with Crippen molar-refractivity contribution in [3.05, 3.63) is 23.4 Å². The van der Waals surface area contributed by atoms with Crippen LogP contribution in [0.5, 0.6) is 5.88 Å². The smallest absolute Gasteiger partial charge is 0.259 e. The zero-order valence-electron chi connectivity index (χ0n) is 21.4. The number of hydrogen-bond donors (Lipinski definition) is 1. The highest BCUT2D eigenvalue weighted by molar-refractivity contribution is 5.97. The molecule has 3 rings (SSSR count). The Morgan fingerprint density at radius 1 is 1.26 bits per heavy atom. The SMILES string of the molecule is CC(C)CC#Cc1cnc2c(c1)C(=O)N([C@H](C)CO)C[C@H](C)[C@H](CN(C)CC1CCOCC1)O2. The molecule has 2 aliphatic rings. The summed E-state index contributed by atoms with van der Waals surface area (Å²) in [6, 6.07) is 1.49. The summed E-state index contributed by atoms with van der Waals surface area (Å²) in [7, 11) is 2.13. The molecule has 1 aromatic heterocycles. The van der Waals surface area contributed by atoms with Crippen molar-refractivity contribution < 1.29 is 19.4 Å². The lowest BCUT2D eigenvalue weighted by atomic mass is 9.97. The Morgan fingerprint density at radius 2 is 2.00 bits per heavy atom. The third-order valence-corrected chi connectivity index (χ3v) is 6.67. The molecule has 0 aliphatic carbocycles. The summed E-state index contributed by atoms with van der Waals surface area (Å²) >= 11 is 0. The molecule has 1 amide bonds. The largest absolute Gasteiger partial charge is 0.472 e. The molecule has 7 nitrogen and oxygen atoms in total. The molecule has 0 bridgehead atoms. The van der Waals surface area contributed by atoms with Gasteiger partial charge in [0.2, 0.25) is 5.88 Å². The van der Waals surface area contributed by atoms with Gasteiger partial charge in [0.25, 0.3) is 5.91 Å². The number of nitrogens with zero attached hydrogens (tertiary/aromatic N) is 3. The average molecular weight is 472 g/mol. The number of aliphatic hydroxyl groups is 1. The van der Waals surface area contributed by atoms with Crippen molar-refractivity contribution >= 4 is 5.91 Å². The summed E-state index contributed by atoms with van der Waals surface area (Å²) < 4.78 is 11.9. The van der Waals surface area contributed by atoms with Crippen molar-refractivity contribution in [2.24, 2.45) is 17.8 Å². The second-order valence-corrected chi connectivity index (χ2v) is 10.4. The Hall–Kier alpha value is -2.14. The number of aromatic nitrogens is 1. The van der Waals surface area contributed by atoms with E-state index >= 15 is 0 Å². The van der Waals surface area contributed by atoms with Crippen LogP contribution >= 0.6 is 0 Å². The van der Waals surface area contributed by atoms with Gasteiger partial charge in [-0.15, -0.1) is 0 Å². The van der Waals surface area contributed by atoms with Crippen LogP contribution in [0.15, 0.2) is 12.3 Å². The van der Waals surface area contributed by atoms with E-state index in [1.807, 2.05) is 6.92 Å². The highest BCUT2D eigenvalue weighted by atomic mass is 16.5. The second-order valence-electron chi connectivity index (χ2n) is 10.4. The van der Waals surface area contributed by atoms with Crippen LogP contribution in [0.3, 0.4) is 0 Å². The Labute approximate surface area is 204 Å². The van der Waals surface area contributed by atoms with Gasteiger partial charge in [-0.05, 0) is 44.7 Å². The first-order chi connectivity index (χ1) is 16.3. The predicted octanol–water partition coefficient (Wildman–Crippen LogP) is 3.06. The molecule has 1 N–H and O–H groups in total. The minimum absolute atomic E-state index is 0.0792. The molecule has 7 heteroatoms. The molecule has 1 fully saturated rings. The van der Waals surface area contributed by atoms with Gasteiger partial charge in [0.15, 0.2) is 0 Å². The van der Waals surface area contributed by atoms with Crippen molar-refractivity contribution in [3.8, 4) is 17.7 Å². The zero-order chi connectivity index (χ0) is 24.7. The van der Waals surface area contributed by atoms with E-state index in [9.17, 15) is 9.90 Å². The number of ether oxygens (including phenoxy) is 2. The van der Waals surface area contributed by atoms with Crippen LogP contribution in [-0.4, -0.2) is 84.4 Å². The summed E-state index contributed by atoms with van der Waals surface area (Å²) in [4.78, 5) is 22.1. The van der Waals surface area contributed by atoms with Gasteiger partial charge in [-0.2, -0.15) is 0 Å². The molecule has 0 saturated carbocycles. The van der Waals surface area contributed by atoms with Gasteiger partial charge >= 0.3 is 0 Å². The van der Waals surface area contributed by atoms with Crippen LogP contribution in [0, 0.1) is 29.6 Å². The van der Waals surface area contributed by atoms with E-state index in [4.69, 9.17) is 9.47 Å². The molecule has 0 aromatic carbocycles. The summed E-state index contributed by atoms with van der Waals surface area (Å²) in [5.74, 6) is 7.67. The van der Waals surface area contributed by atoms with Gasteiger partial charge in [0.1, 0.15) is 11.7 Å². The highest BCUT2D eigenvalue weighted by Crippen LogP contribution is 2.27. The fourth-order valence-electron chi connectivity index (χ4n) is 4.50. The lowest BCUT2D eigenvalue weighted by Crippen LogP contribution is -2.50. The zero-order valence-corrected chi connectivity index (χ0v) is 21.4. The van der Waals surface area contributed by atoms with E-state index in [0.717, 1.165) is 45.6 Å². The molecule has 188 valence electrons. The minimum atomic E-state index is -0.294. The molecule has 0 unspecified atom stereocenters. The summed E-state index contributed by atoms with van der Waals surface area (Å²) in [6.07, 6.45) is 4.53. The fraction of sp³-hybridized carbons (Fsp3) is 0.704. The molecule has 3 atom stereocenters. The van der Waals surface area contributed by atoms with Crippen LogP contribution in [0.1, 0.15) is 62.9 Å². The number of carbonyl (C=O) groups excluding carboxylic acids is 1. The van der Waals surface area contributed by atoms with Crippen LogP contribution in [0.25, 0.3) is 0 Å². The molecule has 3 heterocycles. The molecule has 0 radical (unpaired) electrons. The van der Waals surface area contributed by atoms with Gasteiger partial charge in [0, 0.05) is 56.9 Å². The maximum absolute atomic E-state index is 13.5. The van der Waals surface area contributed by atoms with Crippen molar-refractivity contribution in [1.29, 1.82) is 0 Å². The van der Waals surface area contributed by atoms with E-state index in [2.05, 4.69) is 49.5 Å². The normalized spacial score (nSPS) is 22.5. The first kappa shape index (κ1) is 26.5. The van der Waals surface area contributed by atoms with Crippen LogP contribution in [0.2, 0.25) is 0 Å². The molecule has 1 saturated heterocycles. The van der Waals surface area contributed by atoms with Crippen molar-refractivity contribution in [2.75, 3.05) is 46.5 Å². The van der Waals surface area contributed by atoms with Gasteiger partial charge < -0.3 is 24.4 Å². The maximum Gasteiger partial charge on any atom is 0.259 e. The first-order valence-electron chi connectivity index (χ1n) is 12.6. The summed E-state index contributed by atoms with van der Waals surface area (Å²) in [6.45, 7) is 12.1. The highest BCUT2D eigenvalue weighted by Gasteiger charge is 2.34. The van der Waals surface area contributed by atoms with E-state index in [1.165, 1.54) is 0 Å². The van der Waals surface area contributed by atoms with Crippen LogP contribution < -0.4 is 4.74 Å². The van der Waals surface area contributed by atoms with E-state index in [-0.39, 0.29) is 30.6 Å². The Morgan fingerprint density at radius 3 is 2.68 bits per heavy atom. The molecular weight excluding hydrogens is 430 g/mol. The average Bonchev–Trinajstić information content (AvgIpc) is 2.81. The number of fused-ring (bicyclic) bond motifs is 1. The molecular formula is C27H41N3O4. The number of hydrogen-bond acceptors (Lipinski definition) is 6. The van der Waals surface area contributed by atoms with Crippen molar-refractivity contribution in [3.63, 3.8) is 0 Å². The molecule has 0 spiro atoms. The number of aliphatic hydroxyl groups excluding tert-OH is 1. The lowest BCUT2D eigenvalue weighted by molar-refractivity contribution is 0.0254. The van der Waals surface area contributed by atoms with Gasteiger partial charge in [-0.3, -0.25) is 4.79 Å². The quantitative estimate of drug-likeness (QED) is 0.616. The number of amides is 1. The molecule has 34 heavy (non-hydrogen) atoms. The number of pyridine rings is 1. The molecule has 2 aliphatic heterocycles. The lowest BCUT2D eigenvalue weighted by Gasteiger charge is -2.38. The Kier molecular flexibility index (Phi) is 9.75. The van der Waals surface area contributed by atoms with Crippen molar-refractivity contribution in [2.45, 2.75) is 59.1 Å². The summed E-state index contributed by atoms with van der Waals surface area (Å²) in [5.41, 5.74) is 1.12. The number of rotatable bonds is 7. The third kappa shape index (κ3) is 7.18. The van der Waals surface area contributed by atoms with E-state index in [1.54, 1.807) is 17.2 Å². The molecule has 1 aromatic rings. The van der Waals surface area contributed by atoms with Gasteiger partial charge in [-0.1, -0.05) is 32.6 Å². The Balaban J connectivity index is 1.84. The summed E-state index contributed by atoms with van der Waals surface area (Å²) in [5, 5.41) is 9.84. The first-order valence-corrected chi connectivity index (χ1v) is 12.6. The predicted molar refractivity (Wildman–Crippen MR) is 133 cm³/mol. The number of likely N-dealkylation sites (N-methyl/N-ethyl adjacent to an activating group) is 1.